The minimum atomic E-state index is -1.07. The molecule has 2 N–H and O–H groups in total. The molecule has 3 aromatic rings. The molecule has 3 rings (SSSR count). The minimum Gasteiger partial charge on any atom is -0.364 e. The van der Waals surface area contributed by atoms with Crippen LogP contribution in [0, 0.1) is 5.82 Å². The number of rotatable bonds is 11. The van der Waals surface area contributed by atoms with Crippen LogP contribution in [-0.4, -0.2) is 34.7 Å². The Morgan fingerprint density at radius 3 is 2.32 bits per heavy atom. The summed E-state index contributed by atoms with van der Waals surface area (Å²) >= 11 is 0. The van der Waals surface area contributed by atoms with Crippen molar-refractivity contribution < 1.29 is 23.5 Å². The third-order valence-electron chi connectivity index (χ3n) is 5.08. The van der Waals surface area contributed by atoms with E-state index in [9.17, 15) is 18.8 Å². The Morgan fingerprint density at radius 2 is 1.65 bits per heavy atom. The first-order valence-electron chi connectivity index (χ1n) is 10.8. The van der Waals surface area contributed by atoms with Gasteiger partial charge in [-0.2, -0.15) is 0 Å². The van der Waals surface area contributed by atoms with Gasteiger partial charge in [-0.15, -0.1) is 0 Å². The number of nitrogens with zero attached hydrogens (tertiary/aromatic N) is 1. The fourth-order valence-electron chi connectivity index (χ4n) is 3.14. The highest BCUT2D eigenvalue weighted by Gasteiger charge is 2.29. The van der Waals surface area contributed by atoms with Crippen molar-refractivity contribution in [3.63, 3.8) is 0 Å². The number of pyridine rings is 1. The Hall–Kier alpha value is -3.91. The zero-order valence-corrected chi connectivity index (χ0v) is 18.7. The van der Waals surface area contributed by atoms with Crippen LogP contribution in [0.1, 0.15) is 23.7 Å². The van der Waals surface area contributed by atoms with Crippen molar-refractivity contribution in [2.75, 3.05) is 0 Å². The summed E-state index contributed by atoms with van der Waals surface area (Å²) in [6, 6.07) is 19.0. The maximum absolute atomic E-state index is 13.1. The number of halogens is 1. The van der Waals surface area contributed by atoms with Gasteiger partial charge in [-0.1, -0.05) is 48.5 Å². The van der Waals surface area contributed by atoms with Crippen LogP contribution >= 0.6 is 0 Å². The number of hydrogen-bond donors (Lipinski definition) is 2. The highest BCUT2D eigenvalue weighted by molar-refractivity contribution is 6.38. The Kier molecular flexibility index (Phi) is 8.99. The van der Waals surface area contributed by atoms with E-state index in [4.69, 9.17) is 4.74 Å². The zero-order valence-electron chi connectivity index (χ0n) is 18.7. The molecule has 0 saturated heterocycles. The molecule has 2 aromatic carbocycles. The standard InChI is InChI=1S/C26H26FN3O4/c1-18(34-17-20-10-12-21(27)13-11-20)25(32)30-23(15-19-7-3-2-4-8-19)24(31)26(33)29-16-22-9-5-6-14-28-22/h2-14,18,23H,15-17H2,1H3,(H,29,33)(H,30,32)/t18-,23-/m1/s1. The summed E-state index contributed by atoms with van der Waals surface area (Å²) in [6.45, 7) is 1.73. The lowest BCUT2D eigenvalue weighted by molar-refractivity contribution is -0.141. The molecule has 0 aliphatic carbocycles. The van der Waals surface area contributed by atoms with E-state index in [0.29, 0.717) is 11.3 Å². The number of benzene rings is 2. The van der Waals surface area contributed by atoms with E-state index in [0.717, 1.165) is 5.56 Å². The van der Waals surface area contributed by atoms with Gasteiger partial charge in [-0.05, 0) is 42.3 Å². The van der Waals surface area contributed by atoms with E-state index in [1.807, 2.05) is 30.3 Å². The number of nitrogens with one attached hydrogen (secondary N) is 2. The van der Waals surface area contributed by atoms with E-state index < -0.39 is 29.7 Å². The molecule has 0 fully saturated rings. The Balaban J connectivity index is 1.62. The first-order valence-corrected chi connectivity index (χ1v) is 10.8. The fourth-order valence-corrected chi connectivity index (χ4v) is 3.14. The van der Waals surface area contributed by atoms with E-state index >= 15 is 0 Å². The van der Waals surface area contributed by atoms with Gasteiger partial charge in [0.15, 0.2) is 0 Å². The van der Waals surface area contributed by atoms with Crippen molar-refractivity contribution >= 4 is 17.6 Å². The van der Waals surface area contributed by atoms with Gasteiger partial charge in [0.05, 0.1) is 18.8 Å². The van der Waals surface area contributed by atoms with E-state index in [1.54, 1.807) is 43.5 Å². The molecule has 2 amide bonds. The first kappa shape index (κ1) is 24.7. The molecule has 0 aliphatic heterocycles. The van der Waals surface area contributed by atoms with Crippen LogP contribution in [0.5, 0.6) is 0 Å². The van der Waals surface area contributed by atoms with Gasteiger partial charge < -0.3 is 15.4 Å². The normalized spacial score (nSPS) is 12.4. The van der Waals surface area contributed by atoms with Crippen LogP contribution in [0.4, 0.5) is 4.39 Å². The molecule has 176 valence electrons. The second-order valence-corrected chi connectivity index (χ2v) is 7.70. The Morgan fingerprint density at radius 1 is 0.941 bits per heavy atom. The predicted octanol–water partition coefficient (Wildman–Crippen LogP) is 2.74. The van der Waals surface area contributed by atoms with Gasteiger partial charge in [0.2, 0.25) is 11.7 Å². The number of ether oxygens (including phenoxy) is 1. The van der Waals surface area contributed by atoms with Crippen LogP contribution in [0.3, 0.4) is 0 Å². The summed E-state index contributed by atoms with van der Waals surface area (Å²) in [6.07, 6.45) is 0.843. The van der Waals surface area contributed by atoms with Crippen molar-refractivity contribution in [3.8, 4) is 0 Å². The van der Waals surface area contributed by atoms with Crippen molar-refractivity contribution in [1.82, 2.24) is 15.6 Å². The maximum atomic E-state index is 13.1. The van der Waals surface area contributed by atoms with Gasteiger partial charge >= 0.3 is 0 Å². The van der Waals surface area contributed by atoms with Crippen molar-refractivity contribution in [1.29, 1.82) is 0 Å². The fraction of sp³-hybridized carbons (Fsp3) is 0.231. The molecular formula is C26H26FN3O4. The van der Waals surface area contributed by atoms with Crippen LogP contribution in [0.2, 0.25) is 0 Å². The van der Waals surface area contributed by atoms with Crippen molar-refractivity contribution in [2.45, 2.75) is 38.6 Å². The van der Waals surface area contributed by atoms with Gasteiger partial charge in [-0.25, -0.2) is 4.39 Å². The molecule has 8 heteroatoms. The summed E-state index contributed by atoms with van der Waals surface area (Å²) in [4.78, 5) is 42.3. The second kappa shape index (κ2) is 12.4. The van der Waals surface area contributed by atoms with Crippen LogP contribution in [0.15, 0.2) is 79.0 Å². The number of amides is 2. The highest BCUT2D eigenvalue weighted by atomic mass is 19.1. The number of carbonyl (C=O) groups excluding carboxylic acids is 3. The minimum absolute atomic E-state index is 0.0919. The first-order chi connectivity index (χ1) is 16.4. The zero-order chi connectivity index (χ0) is 24.3. The molecule has 0 unspecified atom stereocenters. The molecule has 0 radical (unpaired) electrons. The van der Waals surface area contributed by atoms with Gasteiger partial charge in [0.1, 0.15) is 18.0 Å². The maximum Gasteiger partial charge on any atom is 0.289 e. The van der Waals surface area contributed by atoms with Gasteiger partial charge in [0.25, 0.3) is 5.91 Å². The van der Waals surface area contributed by atoms with E-state index in [1.165, 1.54) is 12.1 Å². The predicted molar refractivity (Wildman–Crippen MR) is 124 cm³/mol. The molecule has 2 atom stereocenters. The Bertz CT molecular complexity index is 1090. The van der Waals surface area contributed by atoms with Gasteiger partial charge in [-0.3, -0.25) is 19.4 Å². The van der Waals surface area contributed by atoms with Crippen LogP contribution in [0.25, 0.3) is 0 Å². The third-order valence-corrected chi connectivity index (χ3v) is 5.08. The summed E-state index contributed by atoms with van der Waals surface area (Å²) in [5, 5.41) is 5.19. The van der Waals surface area contributed by atoms with Crippen LogP contribution in [-0.2, 0) is 38.7 Å². The molecule has 0 aliphatic rings. The Labute approximate surface area is 197 Å². The molecule has 34 heavy (non-hydrogen) atoms. The number of ketones is 1. The highest BCUT2D eigenvalue weighted by Crippen LogP contribution is 2.08. The topological polar surface area (TPSA) is 97.4 Å². The number of Topliss-reactive ketones (excluding diaryl/α,β-unsaturated/α-hetero) is 1. The van der Waals surface area contributed by atoms with Gasteiger partial charge in [0, 0.05) is 12.6 Å². The number of hydrogen-bond acceptors (Lipinski definition) is 5. The molecule has 7 nitrogen and oxygen atoms in total. The summed E-state index contributed by atoms with van der Waals surface area (Å²) in [7, 11) is 0. The quantitative estimate of drug-likeness (QED) is 0.426. The monoisotopic (exact) mass is 463 g/mol. The van der Waals surface area contributed by atoms with E-state index in [2.05, 4.69) is 15.6 Å². The number of aromatic nitrogens is 1. The molecule has 0 saturated carbocycles. The summed E-state index contributed by atoms with van der Waals surface area (Å²) in [5.41, 5.74) is 2.10. The number of carbonyl (C=O) groups is 3. The second-order valence-electron chi connectivity index (χ2n) is 7.70. The molecule has 1 aromatic heterocycles. The molecule has 0 bridgehead atoms. The lowest BCUT2D eigenvalue weighted by Crippen LogP contribution is -2.51. The smallest absolute Gasteiger partial charge is 0.289 e. The summed E-state index contributed by atoms with van der Waals surface area (Å²) < 4.78 is 18.6. The largest absolute Gasteiger partial charge is 0.364 e. The third kappa shape index (κ3) is 7.60. The summed E-state index contributed by atoms with van der Waals surface area (Å²) in [5.74, 6) is -2.47. The molecule has 0 spiro atoms. The molecular weight excluding hydrogens is 437 g/mol. The van der Waals surface area contributed by atoms with E-state index in [-0.39, 0.29) is 25.4 Å². The molecule has 1 heterocycles. The lowest BCUT2D eigenvalue weighted by atomic mass is 10.0. The van der Waals surface area contributed by atoms with Crippen LogP contribution < -0.4 is 10.6 Å². The van der Waals surface area contributed by atoms with Crippen molar-refractivity contribution in [2.24, 2.45) is 0 Å². The lowest BCUT2D eigenvalue weighted by Gasteiger charge is -2.20. The van der Waals surface area contributed by atoms with Crippen molar-refractivity contribution in [3.05, 3.63) is 102 Å². The average Bonchev–Trinajstić information content (AvgIpc) is 2.87. The SMILES string of the molecule is C[C@@H](OCc1ccc(F)cc1)C(=O)N[C@H](Cc1ccccc1)C(=O)C(=O)NCc1ccccn1. The average molecular weight is 464 g/mol.